The van der Waals surface area contributed by atoms with E-state index in [-0.39, 0.29) is 36.2 Å². The van der Waals surface area contributed by atoms with Crippen LogP contribution in [0.25, 0.3) is 0 Å². The Labute approximate surface area is 350 Å². The minimum atomic E-state index is -0.879. The second kappa shape index (κ2) is 40.1. The quantitative estimate of drug-likeness (QED) is 0.0216. The van der Waals surface area contributed by atoms with Gasteiger partial charge in [-0.1, -0.05) is 159 Å². The molecule has 0 aromatic carbocycles. The lowest BCUT2D eigenvalue weighted by molar-refractivity contribution is -0.887. The van der Waals surface area contributed by atoms with E-state index in [0.29, 0.717) is 19.3 Å². The third kappa shape index (κ3) is 38.6. The van der Waals surface area contributed by atoms with Gasteiger partial charge in [-0.2, -0.15) is 0 Å². The maximum Gasteiger partial charge on any atom is 0.362 e. The van der Waals surface area contributed by atoms with E-state index in [1.807, 2.05) is 21.1 Å². The average molecular weight is 803 g/mol. The molecule has 0 heterocycles. The van der Waals surface area contributed by atoms with Crippen LogP contribution >= 0.6 is 0 Å². The summed E-state index contributed by atoms with van der Waals surface area (Å²) < 4.78 is 17.3. The highest BCUT2D eigenvalue weighted by Gasteiger charge is 2.31. The Hall–Kier alpha value is -2.71. The Bertz CT molecular complexity index is 1070. The summed E-state index contributed by atoms with van der Waals surface area (Å²) in [6.45, 7) is 4.69. The van der Waals surface area contributed by atoms with Crippen LogP contribution in [-0.4, -0.2) is 80.6 Å². The molecule has 0 saturated heterocycles. The smallest absolute Gasteiger partial charge is 0.362 e. The van der Waals surface area contributed by atoms with E-state index in [2.05, 4.69) is 62.5 Å². The number of aliphatic carboxylic acids is 1. The molecule has 57 heavy (non-hydrogen) atoms. The number of esters is 2. The number of carboxylic acids is 1. The van der Waals surface area contributed by atoms with Gasteiger partial charge in [-0.3, -0.25) is 9.59 Å². The summed E-state index contributed by atoms with van der Waals surface area (Å²) in [5, 5.41) is 9.63. The number of carbonyl (C=O) groups is 3. The first kappa shape index (κ1) is 54.3. The van der Waals surface area contributed by atoms with Crippen molar-refractivity contribution >= 4 is 17.9 Å². The molecule has 0 aromatic heterocycles. The lowest BCUT2D eigenvalue weighted by atomic mass is 10.1. The molecule has 0 rings (SSSR count). The molecule has 0 aliphatic rings. The lowest BCUT2D eigenvalue weighted by Crippen LogP contribution is -2.50. The number of nitrogens with zero attached hydrogens (tertiary/aromatic N) is 1. The van der Waals surface area contributed by atoms with Crippen LogP contribution in [0.4, 0.5) is 0 Å². The molecule has 1 N–H and O–H groups in total. The van der Waals surface area contributed by atoms with Crippen molar-refractivity contribution in [3.8, 4) is 0 Å². The predicted octanol–water partition coefficient (Wildman–Crippen LogP) is 12.8. The van der Waals surface area contributed by atoms with Crippen LogP contribution in [0, 0.1) is 0 Å². The Morgan fingerprint density at radius 1 is 0.526 bits per heavy atom. The van der Waals surface area contributed by atoms with Gasteiger partial charge < -0.3 is 23.8 Å². The van der Waals surface area contributed by atoms with E-state index in [1.54, 1.807) is 0 Å². The SMILES string of the molecule is CCCCCC/C=C/CCCCCCCCCC(=O)OC(COCCC(C(=O)O)[N+](C)(C)C)COC(=O)CCCCCCC/C=C/C=C/C=C/CCCCCCC. The summed E-state index contributed by atoms with van der Waals surface area (Å²) in [4.78, 5) is 37.0. The number of carbonyl (C=O) groups excluding carboxylic acids is 2. The number of likely N-dealkylation sites (N-methyl/N-ethyl adjacent to an activating group) is 1. The Morgan fingerprint density at radius 3 is 1.42 bits per heavy atom. The number of hydrogen-bond acceptors (Lipinski definition) is 6. The maximum atomic E-state index is 12.7. The van der Waals surface area contributed by atoms with Gasteiger partial charge in [0.15, 0.2) is 12.1 Å². The molecule has 8 heteroatoms. The van der Waals surface area contributed by atoms with Crippen LogP contribution < -0.4 is 0 Å². The van der Waals surface area contributed by atoms with E-state index in [4.69, 9.17) is 14.2 Å². The summed E-state index contributed by atoms with van der Waals surface area (Å²) in [6.07, 6.45) is 47.2. The summed E-state index contributed by atoms with van der Waals surface area (Å²) >= 11 is 0. The first-order valence-corrected chi connectivity index (χ1v) is 23.2. The van der Waals surface area contributed by atoms with Crippen molar-refractivity contribution in [1.82, 2.24) is 0 Å². The van der Waals surface area contributed by atoms with E-state index in [1.165, 1.54) is 96.3 Å². The van der Waals surface area contributed by atoms with E-state index >= 15 is 0 Å². The van der Waals surface area contributed by atoms with Crippen molar-refractivity contribution in [2.45, 2.75) is 206 Å². The number of allylic oxidation sites excluding steroid dienone is 8. The highest BCUT2D eigenvalue weighted by atomic mass is 16.6. The number of quaternary nitrogens is 1. The van der Waals surface area contributed by atoms with Gasteiger partial charge in [0.25, 0.3) is 0 Å². The molecule has 0 amide bonds. The molecule has 8 nitrogen and oxygen atoms in total. The van der Waals surface area contributed by atoms with Crippen molar-refractivity contribution < 1.29 is 38.2 Å². The zero-order valence-electron chi connectivity index (χ0n) is 37.5. The largest absolute Gasteiger partial charge is 0.477 e. The topological polar surface area (TPSA) is 99.1 Å². The van der Waals surface area contributed by atoms with Gasteiger partial charge in [0.2, 0.25) is 0 Å². The lowest BCUT2D eigenvalue weighted by Gasteiger charge is -2.31. The summed E-state index contributed by atoms with van der Waals surface area (Å²) in [7, 11) is 5.52. The Morgan fingerprint density at radius 2 is 0.947 bits per heavy atom. The minimum Gasteiger partial charge on any atom is -0.477 e. The Balaban J connectivity index is 4.37. The predicted molar refractivity (Wildman–Crippen MR) is 238 cm³/mol. The molecule has 0 aliphatic carbocycles. The van der Waals surface area contributed by atoms with E-state index in [9.17, 15) is 19.5 Å². The molecule has 0 radical (unpaired) electrons. The molecular formula is C49H88NO7+. The summed E-state index contributed by atoms with van der Waals surface area (Å²) in [5.41, 5.74) is 0. The molecule has 0 bridgehead atoms. The normalized spacial score (nSPS) is 13.4. The number of hydrogen-bond donors (Lipinski definition) is 1. The van der Waals surface area contributed by atoms with Gasteiger partial charge in [-0.25, -0.2) is 4.79 Å². The van der Waals surface area contributed by atoms with Gasteiger partial charge >= 0.3 is 17.9 Å². The van der Waals surface area contributed by atoms with Crippen molar-refractivity contribution in [1.29, 1.82) is 0 Å². The molecule has 0 aromatic rings. The van der Waals surface area contributed by atoms with E-state index in [0.717, 1.165) is 64.2 Å². The Kier molecular flexibility index (Phi) is 38.2. The molecule has 330 valence electrons. The zero-order chi connectivity index (χ0) is 42.1. The maximum absolute atomic E-state index is 12.7. The van der Waals surface area contributed by atoms with Gasteiger partial charge in [0.05, 0.1) is 34.4 Å². The summed E-state index contributed by atoms with van der Waals surface area (Å²) in [5.74, 6) is -1.50. The zero-order valence-corrected chi connectivity index (χ0v) is 37.5. The van der Waals surface area contributed by atoms with Gasteiger partial charge in [0, 0.05) is 19.3 Å². The first-order chi connectivity index (χ1) is 27.6. The molecule has 2 atom stereocenters. The van der Waals surface area contributed by atoms with Gasteiger partial charge in [-0.15, -0.1) is 0 Å². The van der Waals surface area contributed by atoms with Crippen molar-refractivity contribution in [2.24, 2.45) is 0 Å². The fourth-order valence-electron chi connectivity index (χ4n) is 6.62. The minimum absolute atomic E-state index is 0.0523. The fraction of sp³-hybridized carbons (Fsp3) is 0.776. The first-order valence-electron chi connectivity index (χ1n) is 23.2. The summed E-state index contributed by atoms with van der Waals surface area (Å²) in [6, 6.07) is -0.619. The van der Waals surface area contributed by atoms with Crippen LogP contribution in [0.3, 0.4) is 0 Å². The number of ether oxygens (including phenoxy) is 3. The van der Waals surface area contributed by atoms with Crippen LogP contribution in [0.5, 0.6) is 0 Å². The average Bonchev–Trinajstić information content (AvgIpc) is 3.17. The third-order valence-electron chi connectivity index (χ3n) is 10.3. The van der Waals surface area contributed by atoms with Crippen molar-refractivity contribution in [3.63, 3.8) is 0 Å². The highest BCUT2D eigenvalue weighted by molar-refractivity contribution is 5.72. The molecule has 0 saturated carbocycles. The highest BCUT2D eigenvalue weighted by Crippen LogP contribution is 2.14. The fourth-order valence-corrected chi connectivity index (χ4v) is 6.62. The number of unbranched alkanes of at least 4 members (excludes halogenated alkanes) is 21. The molecular weight excluding hydrogens is 715 g/mol. The second-order valence-corrected chi connectivity index (χ2v) is 16.7. The van der Waals surface area contributed by atoms with Crippen LogP contribution in [0.2, 0.25) is 0 Å². The van der Waals surface area contributed by atoms with E-state index < -0.39 is 18.1 Å². The van der Waals surface area contributed by atoms with Gasteiger partial charge in [-0.05, 0) is 64.2 Å². The number of carboxylic acid groups (broad SMARTS) is 1. The second-order valence-electron chi connectivity index (χ2n) is 16.7. The molecule has 0 fully saturated rings. The third-order valence-corrected chi connectivity index (χ3v) is 10.3. The van der Waals surface area contributed by atoms with Gasteiger partial charge in [0.1, 0.15) is 6.61 Å². The molecule has 0 spiro atoms. The van der Waals surface area contributed by atoms with Crippen molar-refractivity contribution in [3.05, 3.63) is 48.6 Å². The number of rotatable bonds is 41. The van der Waals surface area contributed by atoms with Crippen LogP contribution in [0.1, 0.15) is 194 Å². The molecule has 0 aliphatic heterocycles. The van der Waals surface area contributed by atoms with Crippen LogP contribution in [-0.2, 0) is 28.6 Å². The standard InChI is InChI=1S/C49H87NO7/c1-6-8-10-12-14-16-18-20-22-23-24-26-27-29-31-33-35-37-39-47(51)56-44-45(43-55-42-41-46(49(53)54)50(3,4)5)57-48(52)40-38-36-34-32-30-28-25-21-19-17-15-13-11-9-7-2/h17-20,22-24,26,45-46H,6-16,21,25,27-44H2,1-5H3/p+1/b19-17+,20-18+,23-22+,26-24+. The van der Waals surface area contributed by atoms with Crippen LogP contribution in [0.15, 0.2) is 48.6 Å². The monoisotopic (exact) mass is 803 g/mol. The molecule has 2 unspecified atom stereocenters. The van der Waals surface area contributed by atoms with Crippen molar-refractivity contribution in [2.75, 3.05) is 41.0 Å².